The number of benzene rings is 1. The fraction of sp³-hybridized carbons (Fsp3) is 0.500. The third-order valence-corrected chi connectivity index (χ3v) is 2.67. The molecule has 0 aliphatic carbocycles. The SMILES string of the molecule is CCCCN(C)C(=O)Nc1cc(C)cc(C)c1. The van der Waals surface area contributed by atoms with E-state index in [1.54, 1.807) is 4.90 Å². The molecule has 0 radical (unpaired) electrons. The van der Waals surface area contributed by atoms with Gasteiger partial charge in [0.25, 0.3) is 0 Å². The van der Waals surface area contributed by atoms with Crippen LogP contribution in [0, 0.1) is 13.8 Å². The van der Waals surface area contributed by atoms with Gasteiger partial charge < -0.3 is 10.2 Å². The van der Waals surface area contributed by atoms with Crippen molar-refractivity contribution in [1.29, 1.82) is 0 Å². The van der Waals surface area contributed by atoms with Gasteiger partial charge in [0, 0.05) is 19.3 Å². The fourth-order valence-electron chi connectivity index (χ4n) is 1.76. The molecule has 0 aliphatic rings. The number of carbonyl (C=O) groups is 1. The van der Waals surface area contributed by atoms with E-state index in [4.69, 9.17) is 0 Å². The molecule has 3 nitrogen and oxygen atoms in total. The maximum atomic E-state index is 11.9. The van der Waals surface area contributed by atoms with Gasteiger partial charge in [0.2, 0.25) is 0 Å². The summed E-state index contributed by atoms with van der Waals surface area (Å²) in [5, 5.41) is 2.92. The van der Waals surface area contributed by atoms with E-state index in [2.05, 4.69) is 18.3 Å². The Bertz CT molecular complexity index is 368. The predicted octanol–water partition coefficient (Wildman–Crippen LogP) is 3.57. The molecule has 17 heavy (non-hydrogen) atoms. The first-order chi connectivity index (χ1) is 8.02. The largest absolute Gasteiger partial charge is 0.328 e. The topological polar surface area (TPSA) is 32.3 Å². The Balaban J connectivity index is 2.61. The number of anilines is 1. The quantitative estimate of drug-likeness (QED) is 0.848. The van der Waals surface area contributed by atoms with Crippen LogP contribution < -0.4 is 5.32 Å². The van der Waals surface area contributed by atoms with Gasteiger partial charge in [-0.2, -0.15) is 0 Å². The monoisotopic (exact) mass is 234 g/mol. The van der Waals surface area contributed by atoms with E-state index < -0.39 is 0 Å². The summed E-state index contributed by atoms with van der Waals surface area (Å²) in [6, 6.07) is 6.02. The number of aryl methyl sites for hydroxylation is 2. The highest BCUT2D eigenvalue weighted by Crippen LogP contribution is 2.14. The van der Waals surface area contributed by atoms with Crippen LogP contribution in [0.4, 0.5) is 10.5 Å². The third-order valence-electron chi connectivity index (χ3n) is 2.67. The average Bonchev–Trinajstić information content (AvgIpc) is 2.24. The number of hydrogen-bond donors (Lipinski definition) is 1. The molecular weight excluding hydrogens is 212 g/mol. The van der Waals surface area contributed by atoms with Crippen LogP contribution in [0.1, 0.15) is 30.9 Å². The van der Waals surface area contributed by atoms with Crippen molar-refractivity contribution in [3.8, 4) is 0 Å². The van der Waals surface area contributed by atoms with Crippen LogP contribution in [0.2, 0.25) is 0 Å². The zero-order valence-corrected chi connectivity index (χ0v) is 11.2. The third kappa shape index (κ3) is 4.47. The van der Waals surface area contributed by atoms with Gasteiger partial charge in [0.1, 0.15) is 0 Å². The van der Waals surface area contributed by atoms with E-state index in [1.165, 1.54) is 0 Å². The van der Waals surface area contributed by atoms with Crippen molar-refractivity contribution < 1.29 is 4.79 Å². The second-order valence-electron chi connectivity index (χ2n) is 4.58. The standard InChI is InChI=1S/C14H22N2O/c1-5-6-7-16(4)14(17)15-13-9-11(2)8-12(3)10-13/h8-10H,5-7H2,1-4H3,(H,15,17). The first-order valence-electron chi connectivity index (χ1n) is 6.13. The molecule has 1 N–H and O–H groups in total. The number of hydrogen-bond acceptors (Lipinski definition) is 1. The number of nitrogens with zero attached hydrogens (tertiary/aromatic N) is 1. The number of carbonyl (C=O) groups excluding carboxylic acids is 1. The van der Waals surface area contributed by atoms with Crippen molar-refractivity contribution in [2.24, 2.45) is 0 Å². The molecular formula is C14H22N2O. The highest BCUT2D eigenvalue weighted by atomic mass is 16.2. The number of nitrogens with one attached hydrogen (secondary N) is 1. The zero-order valence-electron chi connectivity index (χ0n) is 11.2. The van der Waals surface area contributed by atoms with Crippen molar-refractivity contribution in [1.82, 2.24) is 4.90 Å². The molecule has 1 aromatic rings. The van der Waals surface area contributed by atoms with E-state index in [-0.39, 0.29) is 6.03 Å². The minimum atomic E-state index is -0.0385. The average molecular weight is 234 g/mol. The minimum Gasteiger partial charge on any atom is -0.328 e. The normalized spacial score (nSPS) is 10.1. The molecule has 2 amide bonds. The lowest BCUT2D eigenvalue weighted by Gasteiger charge is -2.18. The van der Waals surface area contributed by atoms with Crippen LogP contribution in [0.15, 0.2) is 18.2 Å². The molecule has 1 aromatic carbocycles. The Labute approximate surface area is 104 Å². The molecule has 0 heterocycles. The summed E-state index contributed by atoms with van der Waals surface area (Å²) in [6.45, 7) is 6.98. The summed E-state index contributed by atoms with van der Waals surface area (Å²) in [5.74, 6) is 0. The maximum Gasteiger partial charge on any atom is 0.321 e. The Morgan fingerprint density at radius 2 is 1.82 bits per heavy atom. The first-order valence-corrected chi connectivity index (χ1v) is 6.13. The van der Waals surface area contributed by atoms with E-state index in [1.807, 2.05) is 33.0 Å². The van der Waals surface area contributed by atoms with Gasteiger partial charge in [-0.3, -0.25) is 0 Å². The molecule has 0 saturated carbocycles. The number of rotatable bonds is 4. The van der Waals surface area contributed by atoms with Crippen molar-refractivity contribution in [3.05, 3.63) is 29.3 Å². The smallest absolute Gasteiger partial charge is 0.321 e. The predicted molar refractivity (Wildman–Crippen MR) is 72.5 cm³/mol. The van der Waals surface area contributed by atoms with Crippen molar-refractivity contribution in [3.63, 3.8) is 0 Å². The van der Waals surface area contributed by atoms with Crippen molar-refractivity contribution in [2.75, 3.05) is 18.9 Å². The van der Waals surface area contributed by atoms with Crippen LogP contribution in [0.25, 0.3) is 0 Å². The second kappa shape index (κ2) is 6.28. The molecule has 0 atom stereocenters. The van der Waals surface area contributed by atoms with Crippen LogP contribution in [-0.4, -0.2) is 24.5 Å². The van der Waals surface area contributed by atoms with Gasteiger partial charge in [-0.1, -0.05) is 19.4 Å². The van der Waals surface area contributed by atoms with Crippen LogP contribution >= 0.6 is 0 Å². The molecule has 0 aliphatic heterocycles. The Morgan fingerprint density at radius 1 is 1.24 bits per heavy atom. The number of amides is 2. The molecule has 1 rings (SSSR count). The number of urea groups is 1. The van der Waals surface area contributed by atoms with E-state index in [0.29, 0.717) is 0 Å². The molecule has 0 bridgehead atoms. The summed E-state index contributed by atoms with van der Waals surface area (Å²) in [5.41, 5.74) is 3.20. The van der Waals surface area contributed by atoms with Crippen molar-refractivity contribution in [2.45, 2.75) is 33.6 Å². The minimum absolute atomic E-state index is 0.0385. The summed E-state index contributed by atoms with van der Waals surface area (Å²) in [7, 11) is 1.83. The second-order valence-corrected chi connectivity index (χ2v) is 4.58. The van der Waals surface area contributed by atoms with Gasteiger partial charge in [0.05, 0.1) is 0 Å². The van der Waals surface area contributed by atoms with E-state index in [0.717, 1.165) is 36.2 Å². The van der Waals surface area contributed by atoms with Gasteiger partial charge in [-0.05, 0) is 43.5 Å². The van der Waals surface area contributed by atoms with Gasteiger partial charge in [0.15, 0.2) is 0 Å². The van der Waals surface area contributed by atoms with Gasteiger partial charge in [-0.15, -0.1) is 0 Å². The summed E-state index contributed by atoms with van der Waals surface area (Å²) in [4.78, 5) is 13.6. The summed E-state index contributed by atoms with van der Waals surface area (Å²) >= 11 is 0. The Morgan fingerprint density at radius 3 is 2.35 bits per heavy atom. The zero-order chi connectivity index (χ0) is 12.8. The molecule has 0 spiro atoms. The van der Waals surface area contributed by atoms with E-state index >= 15 is 0 Å². The molecule has 0 fully saturated rings. The lowest BCUT2D eigenvalue weighted by atomic mass is 10.1. The number of unbranched alkanes of at least 4 members (excludes halogenated alkanes) is 1. The summed E-state index contributed by atoms with van der Waals surface area (Å²) < 4.78 is 0. The Hall–Kier alpha value is -1.51. The highest BCUT2D eigenvalue weighted by molar-refractivity contribution is 5.89. The van der Waals surface area contributed by atoms with Crippen LogP contribution in [0.3, 0.4) is 0 Å². The van der Waals surface area contributed by atoms with Gasteiger partial charge in [-0.25, -0.2) is 4.79 Å². The highest BCUT2D eigenvalue weighted by Gasteiger charge is 2.08. The van der Waals surface area contributed by atoms with Crippen molar-refractivity contribution >= 4 is 11.7 Å². The fourth-order valence-corrected chi connectivity index (χ4v) is 1.76. The molecule has 94 valence electrons. The van der Waals surface area contributed by atoms with Crippen LogP contribution in [0.5, 0.6) is 0 Å². The summed E-state index contributed by atoms with van der Waals surface area (Å²) in [6.07, 6.45) is 2.14. The lowest BCUT2D eigenvalue weighted by Crippen LogP contribution is -2.32. The Kier molecular flexibility index (Phi) is 5.01. The van der Waals surface area contributed by atoms with Crippen LogP contribution in [-0.2, 0) is 0 Å². The molecule has 0 saturated heterocycles. The molecule has 0 unspecified atom stereocenters. The lowest BCUT2D eigenvalue weighted by molar-refractivity contribution is 0.222. The maximum absolute atomic E-state index is 11.9. The van der Waals surface area contributed by atoms with Gasteiger partial charge >= 0.3 is 6.03 Å². The first kappa shape index (κ1) is 13.6. The van der Waals surface area contributed by atoms with E-state index in [9.17, 15) is 4.79 Å². The molecule has 0 aromatic heterocycles. The molecule has 3 heteroatoms.